The maximum atomic E-state index is 5.22. The summed E-state index contributed by atoms with van der Waals surface area (Å²) in [4.78, 5) is 8.80. The van der Waals surface area contributed by atoms with Gasteiger partial charge < -0.3 is 9.47 Å². The maximum Gasteiger partial charge on any atom is 0.220 e. The standard InChI is InChI=1S/C19H26N4O2S/c1-13-8-7-9-14(10-13)23-20-12-15(19(2,3)4)26-18-21-16(24-5)11-17(22-18)25-6/h7-12,15,23H,1-6H3. The number of ether oxygens (including phenoxy) is 2. The summed E-state index contributed by atoms with van der Waals surface area (Å²) in [5.74, 6) is 0.948. The molecule has 0 bridgehead atoms. The molecule has 1 unspecified atom stereocenters. The number of aromatic nitrogens is 2. The van der Waals surface area contributed by atoms with Crippen molar-refractivity contribution in [1.29, 1.82) is 0 Å². The largest absolute Gasteiger partial charge is 0.481 e. The first-order chi connectivity index (χ1) is 12.3. The van der Waals surface area contributed by atoms with Gasteiger partial charge in [-0.2, -0.15) is 15.1 Å². The lowest BCUT2D eigenvalue weighted by Crippen LogP contribution is -2.25. The Bertz CT molecular complexity index is 737. The number of thioether (sulfide) groups is 1. The molecule has 1 atom stereocenters. The van der Waals surface area contributed by atoms with E-state index in [1.54, 1.807) is 20.3 Å². The normalized spacial score (nSPS) is 12.8. The van der Waals surface area contributed by atoms with Crippen molar-refractivity contribution in [1.82, 2.24) is 9.97 Å². The van der Waals surface area contributed by atoms with E-state index in [-0.39, 0.29) is 10.7 Å². The summed E-state index contributed by atoms with van der Waals surface area (Å²) in [6.45, 7) is 8.51. The molecule has 0 saturated heterocycles. The zero-order chi connectivity index (χ0) is 19.2. The smallest absolute Gasteiger partial charge is 0.220 e. The molecule has 0 aliphatic carbocycles. The SMILES string of the molecule is COc1cc(OC)nc(SC(C=NNc2cccc(C)c2)C(C)(C)C)n1. The van der Waals surface area contributed by atoms with Gasteiger partial charge in [0.25, 0.3) is 0 Å². The number of nitrogens with zero attached hydrogens (tertiary/aromatic N) is 3. The van der Waals surface area contributed by atoms with Crippen LogP contribution >= 0.6 is 11.8 Å². The summed E-state index contributed by atoms with van der Waals surface area (Å²) in [6.07, 6.45) is 1.89. The zero-order valence-electron chi connectivity index (χ0n) is 16.1. The number of benzene rings is 1. The number of hydrogen-bond donors (Lipinski definition) is 1. The van der Waals surface area contributed by atoms with Gasteiger partial charge in [0, 0.05) is 6.21 Å². The highest BCUT2D eigenvalue weighted by Gasteiger charge is 2.26. The van der Waals surface area contributed by atoms with Crippen molar-refractivity contribution in [2.45, 2.75) is 38.1 Å². The van der Waals surface area contributed by atoms with Crippen LogP contribution in [-0.2, 0) is 0 Å². The highest BCUT2D eigenvalue weighted by Crippen LogP contribution is 2.34. The van der Waals surface area contributed by atoms with E-state index < -0.39 is 0 Å². The van der Waals surface area contributed by atoms with Gasteiger partial charge in [-0.15, -0.1) is 0 Å². The summed E-state index contributed by atoms with van der Waals surface area (Å²) in [5.41, 5.74) is 5.19. The van der Waals surface area contributed by atoms with Gasteiger partial charge in [-0.3, -0.25) is 5.43 Å². The summed E-state index contributed by atoms with van der Waals surface area (Å²) >= 11 is 1.52. The number of methoxy groups -OCH3 is 2. The monoisotopic (exact) mass is 374 g/mol. The quantitative estimate of drug-likeness (QED) is 0.335. The molecule has 1 N–H and O–H groups in total. The van der Waals surface area contributed by atoms with Crippen LogP contribution in [0.3, 0.4) is 0 Å². The van der Waals surface area contributed by atoms with Gasteiger partial charge in [0.2, 0.25) is 11.8 Å². The molecular formula is C19H26N4O2S. The molecule has 0 aliphatic rings. The van der Waals surface area contributed by atoms with E-state index in [9.17, 15) is 0 Å². The van der Waals surface area contributed by atoms with Crippen LogP contribution in [0.2, 0.25) is 0 Å². The van der Waals surface area contributed by atoms with E-state index in [4.69, 9.17) is 9.47 Å². The number of hydrazone groups is 1. The summed E-state index contributed by atoms with van der Waals surface area (Å²) in [7, 11) is 3.15. The molecule has 26 heavy (non-hydrogen) atoms. The number of aryl methyl sites for hydroxylation is 1. The average Bonchev–Trinajstić information content (AvgIpc) is 2.59. The second-order valence-electron chi connectivity index (χ2n) is 6.90. The van der Waals surface area contributed by atoms with Crippen molar-refractivity contribution in [3.05, 3.63) is 35.9 Å². The lowest BCUT2D eigenvalue weighted by Gasteiger charge is -2.26. The molecule has 7 heteroatoms. The Hall–Kier alpha value is -2.28. The van der Waals surface area contributed by atoms with Crippen LogP contribution in [0.4, 0.5) is 5.69 Å². The molecule has 2 rings (SSSR count). The highest BCUT2D eigenvalue weighted by molar-refractivity contribution is 8.00. The fourth-order valence-electron chi connectivity index (χ4n) is 2.08. The molecular weight excluding hydrogens is 348 g/mol. The van der Waals surface area contributed by atoms with Crippen molar-refractivity contribution in [3.63, 3.8) is 0 Å². The third kappa shape index (κ3) is 5.91. The summed E-state index contributed by atoms with van der Waals surface area (Å²) in [6, 6.07) is 9.74. The Balaban J connectivity index is 2.16. The molecule has 0 saturated carbocycles. The second kappa shape index (κ2) is 8.89. The Morgan fingerprint density at radius 3 is 2.31 bits per heavy atom. The van der Waals surface area contributed by atoms with Gasteiger partial charge in [0.15, 0.2) is 5.16 Å². The van der Waals surface area contributed by atoms with E-state index in [0.29, 0.717) is 16.9 Å². The predicted octanol–water partition coefficient (Wildman–Crippen LogP) is 4.41. The van der Waals surface area contributed by atoms with Crippen LogP contribution in [0, 0.1) is 12.3 Å². The van der Waals surface area contributed by atoms with E-state index in [0.717, 1.165) is 5.69 Å². The molecule has 1 aromatic carbocycles. The predicted molar refractivity (Wildman–Crippen MR) is 108 cm³/mol. The van der Waals surface area contributed by atoms with Crippen molar-refractivity contribution < 1.29 is 9.47 Å². The minimum atomic E-state index is -0.0396. The molecule has 2 aromatic rings. The van der Waals surface area contributed by atoms with Crippen LogP contribution in [0.5, 0.6) is 11.8 Å². The van der Waals surface area contributed by atoms with Gasteiger partial charge in [-0.1, -0.05) is 44.7 Å². The average molecular weight is 375 g/mol. The van der Waals surface area contributed by atoms with E-state index in [2.05, 4.69) is 54.3 Å². The van der Waals surface area contributed by atoms with Crippen molar-refractivity contribution in [3.8, 4) is 11.8 Å². The second-order valence-corrected chi connectivity index (χ2v) is 8.01. The van der Waals surface area contributed by atoms with Crippen molar-refractivity contribution >= 4 is 23.7 Å². The molecule has 1 aromatic heterocycles. The van der Waals surface area contributed by atoms with E-state index >= 15 is 0 Å². The Morgan fingerprint density at radius 2 is 1.77 bits per heavy atom. The Kier molecular flexibility index (Phi) is 6.85. The minimum Gasteiger partial charge on any atom is -0.481 e. The van der Waals surface area contributed by atoms with Gasteiger partial charge in [-0.25, -0.2) is 0 Å². The molecule has 0 spiro atoms. The number of rotatable bonds is 7. The highest BCUT2D eigenvalue weighted by atomic mass is 32.2. The first-order valence-electron chi connectivity index (χ1n) is 8.31. The third-order valence-corrected chi connectivity index (χ3v) is 5.06. The van der Waals surface area contributed by atoms with Gasteiger partial charge in [-0.05, 0) is 30.0 Å². The maximum absolute atomic E-state index is 5.22. The van der Waals surface area contributed by atoms with Crippen LogP contribution < -0.4 is 14.9 Å². The Labute approximate surface area is 159 Å². The van der Waals surface area contributed by atoms with E-state index in [1.807, 2.05) is 24.4 Å². The lowest BCUT2D eigenvalue weighted by molar-refractivity contribution is 0.364. The topological polar surface area (TPSA) is 68.6 Å². The first kappa shape index (κ1) is 20.0. The van der Waals surface area contributed by atoms with Gasteiger partial charge in [0.1, 0.15) is 0 Å². The van der Waals surface area contributed by atoms with Crippen molar-refractivity contribution in [2.24, 2.45) is 10.5 Å². The minimum absolute atomic E-state index is 0.0396. The number of anilines is 1. The first-order valence-corrected chi connectivity index (χ1v) is 9.19. The van der Waals surface area contributed by atoms with Crippen LogP contribution in [0.25, 0.3) is 0 Å². The fourth-order valence-corrected chi connectivity index (χ4v) is 3.07. The zero-order valence-corrected chi connectivity index (χ0v) is 16.9. The molecule has 140 valence electrons. The van der Waals surface area contributed by atoms with Crippen LogP contribution in [0.1, 0.15) is 26.3 Å². The number of hydrogen-bond acceptors (Lipinski definition) is 7. The summed E-state index contributed by atoms with van der Waals surface area (Å²) < 4.78 is 10.4. The van der Waals surface area contributed by atoms with Crippen molar-refractivity contribution in [2.75, 3.05) is 19.6 Å². The Morgan fingerprint density at radius 1 is 1.12 bits per heavy atom. The molecule has 0 amide bonds. The molecule has 0 aliphatic heterocycles. The fraction of sp³-hybridized carbons (Fsp3) is 0.421. The molecule has 1 heterocycles. The van der Waals surface area contributed by atoms with E-state index in [1.165, 1.54) is 17.3 Å². The van der Waals surface area contributed by atoms with Crippen LogP contribution in [0.15, 0.2) is 40.6 Å². The molecule has 6 nitrogen and oxygen atoms in total. The molecule has 0 radical (unpaired) electrons. The van der Waals surface area contributed by atoms with Gasteiger partial charge in [0.05, 0.1) is 31.2 Å². The lowest BCUT2D eigenvalue weighted by atomic mass is 9.92. The van der Waals surface area contributed by atoms with Crippen LogP contribution in [-0.4, -0.2) is 35.7 Å². The van der Waals surface area contributed by atoms with Gasteiger partial charge >= 0.3 is 0 Å². The summed E-state index contributed by atoms with van der Waals surface area (Å²) in [5, 5.41) is 5.06. The molecule has 0 fully saturated rings. The third-order valence-electron chi connectivity index (χ3n) is 3.58. The number of nitrogens with one attached hydrogen (secondary N) is 1.